The number of benzene rings is 15. The van der Waals surface area contributed by atoms with Crippen LogP contribution in [-0.2, 0) is 9.13 Å². The van der Waals surface area contributed by atoms with Crippen molar-refractivity contribution in [1.82, 2.24) is 0 Å². The van der Waals surface area contributed by atoms with Gasteiger partial charge in [-0.15, -0.1) is 0 Å². The van der Waals surface area contributed by atoms with Crippen molar-refractivity contribution >= 4 is 111 Å². The fraction of sp³-hybridized carbons (Fsp3) is 0. The lowest BCUT2D eigenvalue weighted by molar-refractivity contribution is 0.591. The fourth-order valence-corrected chi connectivity index (χ4v) is 18.1. The molecule has 0 amide bonds. The third-order valence-electron chi connectivity index (χ3n) is 16.8. The van der Waals surface area contributed by atoms with Gasteiger partial charge in [0.15, 0.2) is 14.3 Å². The van der Waals surface area contributed by atoms with Gasteiger partial charge in [0.25, 0.3) is 0 Å². The zero-order valence-electron chi connectivity index (χ0n) is 44.7. The maximum Gasteiger partial charge on any atom is 0.171 e. The van der Waals surface area contributed by atoms with Crippen LogP contribution in [-0.4, -0.2) is 0 Å². The normalized spacial score (nSPS) is 12.0. The van der Waals surface area contributed by atoms with Gasteiger partial charge in [0.1, 0.15) is 0 Å². The van der Waals surface area contributed by atoms with Crippen LogP contribution in [0.3, 0.4) is 0 Å². The molecule has 82 heavy (non-hydrogen) atoms. The molecule has 0 bridgehead atoms. The molecule has 0 saturated carbocycles. The van der Waals surface area contributed by atoms with Crippen LogP contribution in [0.25, 0.3) is 109 Å². The van der Waals surface area contributed by atoms with Crippen LogP contribution >= 0.6 is 14.3 Å². The second kappa shape index (κ2) is 20.1. The second-order valence-electron chi connectivity index (χ2n) is 21.4. The van der Waals surface area contributed by atoms with Gasteiger partial charge in [-0.1, -0.05) is 279 Å². The van der Waals surface area contributed by atoms with Crippen molar-refractivity contribution in [2.45, 2.75) is 0 Å². The summed E-state index contributed by atoms with van der Waals surface area (Å²) in [7, 11) is -6.32. The van der Waals surface area contributed by atoms with Crippen LogP contribution in [0.5, 0.6) is 0 Å². The molecule has 386 valence electrons. The maximum absolute atomic E-state index is 15.4. The van der Waals surface area contributed by atoms with Crippen molar-refractivity contribution < 1.29 is 9.13 Å². The Morgan fingerprint density at radius 3 is 0.878 bits per heavy atom. The Bertz CT molecular complexity index is 4670. The molecule has 0 aliphatic carbocycles. The van der Waals surface area contributed by atoms with Crippen LogP contribution < -0.4 is 31.8 Å². The van der Waals surface area contributed by atoms with E-state index in [1.54, 1.807) is 0 Å². The third kappa shape index (κ3) is 8.26. The first-order valence-corrected chi connectivity index (χ1v) is 31.3. The number of hydrogen-bond donors (Lipinski definition) is 0. The maximum atomic E-state index is 15.4. The molecule has 4 heteroatoms. The fourth-order valence-electron chi connectivity index (χ4n) is 12.7. The Balaban J connectivity index is 0.923. The second-order valence-corrected chi connectivity index (χ2v) is 26.9. The molecule has 0 fully saturated rings. The monoisotopic (exact) mass is 1080 g/mol. The molecule has 2 nitrogen and oxygen atoms in total. The highest BCUT2D eigenvalue weighted by molar-refractivity contribution is 7.85. The molecular formula is C78H52O2P2. The zero-order valence-corrected chi connectivity index (χ0v) is 46.5. The lowest BCUT2D eigenvalue weighted by atomic mass is 9.82. The molecule has 0 aliphatic heterocycles. The first-order chi connectivity index (χ1) is 40.4. The average Bonchev–Trinajstić information content (AvgIpc) is 1.80. The van der Waals surface area contributed by atoms with E-state index >= 15 is 9.13 Å². The molecule has 0 N–H and O–H groups in total. The van der Waals surface area contributed by atoms with Crippen molar-refractivity contribution in [3.63, 3.8) is 0 Å². The van der Waals surface area contributed by atoms with E-state index in [2.05, 4.69) is 194 Å². The average molecular weight is 1080 g/mol. The highest BCUT2D eigenvalue weighted by Crippen LogP contribution is 2.50. The molecule has 0 spiro atoms. The van der Waals surface area contributed by atoms with Gasteiger partial charge in [0.2, 0.25) is 0 Å². The minimum atomic E-state index is -3.16. The molecule has 0 aromatic heterocycles. The predicted octanol–water partition coefficient (Wildman–Crippen LogP) is 18.6. The molecule has 15 aromatic rings. The van der Waals surface area contributed by atoms with Gasteiger partial charge in [-0.25, -0.2) is 0 Å². The Morgan fingerprint density at radius 2 is 0.488 bits per heavy atom. The summed E-state index contributed by atoms with van der Waals surface area (Å²) in [5.41, 5.74) is 9.18. The summed E-state index contributed by atoms with van der Waals surface area (Å²) in [6, 6.07) is 111. The van der Waals surface area contributed by atoms with E-state index in [-0.39, 0.29) is 0 Å². The first-order valence-electron chi connectivity index (χ1n) is 27.9. The topological polar surface area (TPSA) is 34.1 Å². The van der Waals surface area contributed by atoms with E-state index in [1.807, 2.05) is 121 Å². The quantitative estimate of drug-likeness (QED) is 0.101. The molecule has 15 aromatic carbocycles. The van der Waals surface area contributed by atoms with Gasteiger partial charge < -0.3 is 9.13 Å². The van der Waals surface area contributed by atoms with E-state index in [0.29, 0.717) is 0 Å². The summed E-state index contributed by atoms with van der Waals surface area (Å²) >= 11 is 0. The number of fused-ring (bicyclic) bond motifs is 6. The molecule has 0 radical (unpaired) electrons. The smallest absolute Gasteiger partial charge is 0.171 e. The lowest BCUT2D eigenvalue weighted by Crippen LogP contribution is -2.24. The van der Waals surface area contributed by atoms with E-state index in [1.165, 1.54) is 65.3 Å². The minimum absolute atomic E-state index is 0.817. The summed E-state index contributed by atoms with van der Waals surface area (Å²) in [6.45, 7) is 0. The zero-order chi connectivity index (χ0) is 54.8. The van der Waals surface area contributed by atoms with Crippen LogP contribution in [0.2, 0.25) is 0 Å². The highest BCUT2D eigenvalue weighted by Gasteiger charge is 2.31. The molecule has 0 heterocycles. The predicted molar refractivity (Wildman–Crippen MR) is 352 cm³/mol. The van der Waals surface area contributed by atoms with Gasteiger partial charge in [-0.2, -0.15) is 0 Å². The summed E-state index contributed by atoms with van der Waals surface area (Å²) in [5.74, 6) is 0. The molecular weight excluding hydrogens is 1030 g/mol. The number of rotatable bonds is 10. The largest absolute Gasteiger partial charge is 0.309 e. The van der Waals surface area contributed by atoms with Crippen LogP contribution in [0.4, 0.5) is 0 Å². The van der Waals surface area contributed by atoms with Crippen LogP contribution in [0, 0.1) is 0 Å². The Kier molecular flexibility index (Phi) is 12.1. The Labute approximate surface area is 477 Å². The van der Waals surface area contributed by atoms with Gasteiger partial charge in [-0.3, -0.25) is 0 Å². The minimum Gasteiger partial charge on any atom is -0.309 e. The SMILES string of the molecule is O=P(c1ccccc1)(c1ccccc1)c1ccc2cc(-c3ccc4c(-c5cccc6ccccc56)c5cc(-c6ccc7cc(P(=O)(c8ccccc8)c8ccccc8)ccc7c6)ccc5c(-c5cccc6ccccc56)c4c3)ccc2c1. The molecule has 0 saturated heterocycles. The first kappa shape index (κ1) is 49.4. The van der Waals surface area contributed by atoms with Crippen molar-refractivity contribution in [3.05, 3.63) is 315 Å². The third-order valence-corrected chi connectivity index (χ3v) is 22.9. The lowest BCUT2D eigenvalue weighted by Gasteiger charge is -2.22. The van der Waals surface area contributed by atoms with Crippen molar-refractivity contribution in [2.75, 3.05) is 0 Å². The molecule has 0 unspecified atom stereocenters. The van der Waals surface area contributed by atoms with Gasteiger partial charge in [-0.05, 0) is 146 Å². The van der Waals surface area contributed by atoms with Gasteiger partial charge in [0.05, 0.1) is 0 Å². The molecule has 0 aliphatic rings. The van der Waals surface area contributed by atoms with Crippen LogP contribution in [0.15, 0.2) is 315 Å². The Morgan fingerprint density at radius 1 is 0.183 bits per heavy atom. The van der Waals surface area contributed by atoms with E-state index in [0.717, 1.165) is 75.6 Å². The van der Waals surface area contributed by atoms with Crippen molar-refractivity contribution in [2.24, 2.45) is 0 Å². The summed E-state index contributed by atoms with van der Waals surface area (Å²) in [4.78, 5) is 0. The molecule has 0 atom stereocenters. The van der Waals surface area contributed by atoms with E-state index < -0.39 is 14.3 Å². The van der Waals surface area contributed by atoms with Gasteiger partial charge >= 0.3 is 0 Å². The standard InChI is InChI=1S/C78H52O2P2/c79-81(63-23-5-1-6-24-63,64-25-7-2-8-26-64)67-43-39-57-47-55(35-37-59(57)49-67)61-41-45-73-75(51-61)77(71-33-17-21-53-19-13-15-31-69(53)71)74-46-42-62(52-76(74)78(73)72-34-18-22-54-20-14-16-32-70(54)72)56-36-38-60-50-68(44-40-58(60)48-56)82(80,65-27-9-3-10-28-65)66-29-11-4-12-30-66/h1-52H. The van der Waals surface area contributed by atoms with Crippen molar-refractivity contribution in [1.29, 1.82) is 0 Å². The van der Waals surface area contributed by atoms with Crippen LogP contribution in [0.1, 0.15) is 0 Å². The van der Waals surface area contributed by atoms with E-state index in [9.17, 15) is 0 Å². The summed E-state index contributed by atoms with van der Waals surface area (Å²) < 4.78 is 30.9. The summed E-state index contributed by atoms with van der Waals surface area (Å²) in [5, 5.41) is 18.6. The summed E-state index contributed by atoms with van der Waals surface area (Å²) in [6.07, 6.45) is 0. The van der Waals surface area contributed by atoms with Gasteiger partial charge in [0, 0.05) is 31.8 Å². The van der Waals surface area contributed by atoms with Crippen molar-refractivity contribution in [3.8, 4) is 44.5 Å². The highest BCUT2D eigenvalue weighted by atomic mass is 31.2. The van der Waals surface area contributed by atoms with E-state index in [4.69, 9.17) is 0 Å². The molecule has 15 rings (SSSR count). The Hall–Kier alpha value is -9.68. The number of hydrogen-bond acceptors (Lipinski definition) is 2.